The van der Waals surface area contributed by atoms with Crippen LogP contribution in [0.3, 0.4) is 0 Å². The highest BCUT2D eigenvalue weighted by Crippen LogP contribution is 2.39. The summed E-state index contributed by atoms with van der Waals surface area (Å²) in [6.07, 6.45) is 3.01. The number of amides is 1. The molecule has 28 heavy (non-hydrogen) atoms. The summed E-state index contributed by atoms with van der Waals surface area (Å²) in [5.41, 5.74) is 8.34. The normalized spacial score (nSPS) is 13.5. The minimum atomic E-state index is -0.0332. The maximum absolute atomic E-state index is 13.1. The maximum Gasteiger partial charge on any atom is 0.253 e. The lowest BCUT2D eigenvalue weighted by molar-refractivity contribution is 0.0762. The largest absolute Gasteiger partial charge is 0.339 e. The lowest BCUT2D eigenvalue weighted by atomic mass is 10.1. The van der Waals surface area contributed by atoms with Gasteiger partial charge in [0.15, 0.2) is 0 Å². The third-order valence-electron chi connectivity index (χ3n) is 4.94. The van der Waals surface area contributed by atoms with Crippen LogP contribution < -0.4 is 5.73 Å². The van der Waals surface area contributed by atoms with Gasteiger partial charge in [-0.25, -0.2) is 0 Å². The monoisotopic (exact) mass is 376 g/mol. The topological polar surface area (TPSA) is 85.2 Å². The molecule has 2 aromatic carbocycles. The van der Waals surface area contributed by atoms with Crippen molar-refractivity contribution in [3.8, 4) is 11.4 Å². The van der Waals surface area contributed by atoms with Crippen LogP contribution in [-0.4, -0.2) is 40.6 Å². The van der Waals surface area contributed by atoms with Crippen LogP contribution in [0.4, 0.5) is 0 Å². The molecule has 1 fully saturated rings. The first-order valence-corrected chi connectivity index (χ1v) is 9.72. The van der Waals surface area contributed by atoms with Crippen molar-refractivity contribution in [3.63, 3.8) is 0 Å². The van der Waals surface area contributed by atoms with Crippen LogP contribution in [0.15, 0.2) is 59.1 Å². The predicted molar refractivity (Wildman–Crippen MR) is 107 cm³/mol. The second kappa shape index (κ2) is 8.35. The molecule has 0 aliphatic heterocycles. The summed E-state index contributed by atoms with van der Waals surface area (Å²) in [5, 5.41) is 4.07. The molecule has 6 nitrogen and oxygen atoms in total. The first-order valence-electron chi connectivity index (χ1n) is 9.72. The van der Waals surface area contributed by atoms with E-state index in [0.717, 1.165) is 24.8 Å². The number of benzene rings is 2. The fourth-order valence-electron chi connectivity index (χ4n) is 3.20. The molecule has 0 saturated heterocycles. The smallest absolute Gasteiger partial charge is 0.253 e. The summed E-state index contributed by atoms with van der Waals surface area (Å²) >= 11 is 0. The molecule has 0 spiro atoms. The van der Waals surface area contributed by atoms with Crippen LogP contribution in [0.5, 0.6) is 0 Å². The number of aromatic nitrogens is 2. The van der Waals surface area contributed by atoms with Crippen molar-refractivity contribution < 1.29 is 9.32 Å². The zero-order valence-electron chi connectivity index (χ0n) is 15.8. The van der Waals surface area contributed by atoms with Gasteiger partial charge in [-0.1, -0.05) is 47.6 Å². The average Bonchev–Trinajstić information content (AvgIpc) is 3.48. The van der Waals surface area contributed by atoms with E-state index in [1.165, 1.54) is 5.56 Å². The molecule has 0 atom stereocenters. The first kappa shape index (κ1) is 18.4. The summed E-state index contributed by atoms with van der Waals surface area (Å²) in [6, 6.07) is 17.5. The molecular formula is C22H24N4O2. The fourth-order valence-corrected chi connectivity index (χ4v) is 3.20. The molecule has 1 aliphatic rings. The highest BCUT2D eigenvalue weighted by atomic mass is 16.5. The zero-order chi connectivity index (χ0) is 19.3. The van der Waals surface area contributed by atoms with Crippen LogP contribution in [-0.2, 0) is 6.42 Å². The molecule has 0 radical (unpaired) electrons. The Labute approximate surface area is 164 Å². The molecule has 0 unspecified atom stereocenters. The van der Waals surface area contributed by atoms with Gasteiger partial charge in [0.05, 0.1) is 0 Å². The van der Waals surface area contributed by atoms with Gasteiger partial charge in [0.1, 0.15) is 0 Å². The Kier molecular flexibility index (Phi) is 5.48. The first-order chi connectivity index (χ1) is 13.7. The quantitative estimate of drug-likeness (QED) is 0.652. The third-order valence-corrected chi connectivity index (χ3v) is 4.94. The minimum absolute atomic E-state index is 0.0332. The van der Waals surface area contributed by atoms with E-state index >= 15 is 0 Å². The van der Waals surface area contributed by atoms with Gasteiger partial charge in [-0.05, 0) is 37.0 Å². The van der Waals surface area contributed by atoms with Gasteiger partial charge in [-0.2, -0.15) is 4.98 Å². The number of nitrogens with two attached hydrogens (primary N) is 1. The zero-order valence-corrected chi connectivity index (χ0v) is 15.8. The van der Waals surface area contributed by atoms with Gasteiger partial charge < -0.3 is 15.2 Å². The van der Waals surface area contributed by atoms with Crippen LogP contribution in [0, 0.1) is 0 Å². The summed E-state index contributed by atoms with van der Waals surface area (Å²) < 4.78 is 5.34. The molecule has 6 heteroatoms. The number of hydrogen-bond acceptors (Lipinski definition) is 5. The Morgan fingerprint density at radius 2 is 1.93 bits per heavy atom. The molecule has 1 amide bonds. The van der Waals surface area contributed by atoms with Gasteiger partial charge in [0.2, 0.25) is 11.7 Å². The van der Waals surface area contributed by atoms with E-state index in [0.29, 0.717) is 42.8 Å². The molecule has 144 valence electrons. The van der Waals surface area contributed by atoms with E-state index in [1.807, 2.05) is 42.5 Å². The average molecular weight is 376 g/mol. The molecule has 1 aromatic heterocycles. The molecule has 0 bridgehead atoms. The SMILES string of the molecule is NCCN(CCc1ccccc1)C(=O)c1cccc(-c2noc(C3CC3)n2)c1. The summed E-state index contributed by atoms with van der Waals surface area (Å²) in [6.45, 7) is 1.57. The molecular weight excluding hydrogens is 352 g/mol. The van der Waals surface area contributed by atoms with Gasteiger partial charge in [0, 0.05) is 36.7 Å². The highest BCUT2D eigenvalue weighted by Gasteiger charge is 2.29. The summed E-state index contributed by atoms with van der Waals surface area (Å²) in [7, 11) is 0. The van der Waals surface area contributed by atoms with Gasteiger partial charge in [0.25, 0.3) is 5.91 Å². The standard InChI is InChI=1S/C22H24N4O2/c23-12-14-26(13-11-16-5-2-1-3-6-16)22(27)19-8-4-7-18(15-19)20-24-21(28-25-20)17-9-10-17/h1-8,15,17H,9-14,23H2. The lowest BCUT2D eigenvalue weighted by Gasteiger charge is -2.22. The van der Waals surface area contributed by atoms with E-state index in [1.54, 1.807) is 4.90 Å². The second-order valence-electron chi connectivity index (χ2n) is 7.13. The molecule has 1 heterocycles. The Hall–Kier alpha value is -2.99. The number of hydrogen-bond donors (Lipinski definition) is 1. The van der Waals surface area contributed by atoms with Crippen molar-refractivity contribution in [2.24, 2.45) is 5.73 Å². The maximum atomic E-state index is 13.1. The Morgan fingerprint density at radius 3 is 2.68 bits per heavy atom. The highest BCUT2D eigenvalue weighted by molar-refractivity contribution is 5.95. The predicted octanol–water partition coefficient (Wildman–Crippen LogP) is 3.26. The Balaban J connectivity index is 1.49. The Morgan fingerprint density at radius 1 is 1.11 bits per heavy atom. The van der Waals surface area contributed by atoms with Gasteiger partial charge in [-0.15, -0.1) is 0 Å². The van der Waals surface area contributed by atoms with Crippen LogP contribution >= 0.6 is 0 Å². The van der Waals surface area contributed by atoms with Crippen molar-refractivity contribution in [2.45, 2.75) is 25.2 Å². The fraction of sp³-hybridized carbons (Fsp3) is 0.318. The molecule has 4 rings (SSSR count). The molecule has 1 aliphatic carbocycles. The van der Waals surface area contributed by atoms with Gasteiger partial charge >= 0.3 is 0 Å². The van der Waals surface area contributed by atoms with Crippen LogP contribution in [0.2, 0.25) is 0 Å². The van der Waals surface area contributed by atoms with E-state index in [-0.39, 0.29) is 5.91 Å². The number of carbonyl (C=O) groups is 1. The van der Waals surface area contributed by atoms with Gasteiger partial charge in [-0.3, -0.25) is 4.79 Å². The van der Waals surface area contributed by atoms with E-state index in [4.69, 9.17) is 10.3 Å². The van der Waals surface area contributed by atoms with Crippen molar-refractivity contribution in [1.29, 1.82) is 0 Å². The number of rotatable bonds is 8. The molecule has 2 N–H and O–H groups in total. The van der Waals surface area contributed by atoms with Crippen LogP contribution in [0.1, 0.15) is 40.6 Å². The summed E-state index contributed by atoms with van der Waals surface area (Å²) in [4.78, 5) is 19.4. The molecule has 1 saturated carbocycles. The minimum Gasteiger partial charge on any atom is -0.339 e. The van der Waals surface area contributed by atoms with Crippen molar-refractivity contribution in [2.75, 3.05) is 19.6 Å². The summed E-state index contributed by atoms with van der Waals surface area (Å²) in [5.74, 6) is 1.60. The van der Waals surface area contributed by atoms with E-state index in [9.17, 15) is 4.79 Å². The number of carbonyl (C=O) groups excluding carboxylic acids is 1. The van der Waals surface area contributed by atoms with Crippen molar-refractivity contribution in [3.05, 3.63) is 71.6 Å². The number of nitrogens with zero attached hydrogens (tertiary/aromatic N) is 3. The third kappa shape index (κ3) is 4.28. The van der Waals surface area contributed by atoms with Crippen molar-refractivity contribution >= 4 is 5.91 Å². The lowest BCUT2D eigenvalue weighted by Crippen LogP contribution is -2.37. The van der Waals surface area contributed by atoms with E-state index in [2.05, 4.69) is 22.3 Å². The van der Waals surface area contributed by atoms with Crippen molar-refractivity contribution in [1.82, 2.24) is 15.0 Å². The van der Waals surface area contributed by atoms with E-state index < -0.39 is 0 Å². The Bertz CT molecular complexity index is 934. The molecule has 3 aromatic rings. The van der Waals surface area contributed by atoms with Crippen LogP contribution in [0.25, 0.3) is 11.4 Å². The second-order valence-corrected chi connectivity index (χ2v) is 7.13.